The van der Waals surface area contributed by atoms with Crippen LogP contribution >= 0.6 is 0 Å². The van der Waals surface area contributed by atoms with Crippen molar-refractivity contribution in [1.82, 2.24) is 4.90 Å². The van der Waals surface area contributed by atoms with Crippen LogP contribution in [0.25, 0.3) is 0 Å². The predicted molar refractivity (Wildman–Crippen MR) is 83.7 cm³/mol. The third-order valence-corrected chi connectivity index (χ3v) is 4.06. The van der Waals surface area contributed by atoms with E-state index in [-0.39, 0.29) is 5.82 Å². The highest BCUT2D eigenvalue weighted by molar-refractivity contribution is 5.57. The summed E-state index contributed by atoms with van der Waals surface area (Å²) in [6, 6.07) is 6.32. The number of hydrogen-bond acceptors (Lipinski definition) is 3. The van der Waals surface area contributed by atoms with Gasteiger partial charge in [-0.05, 0) is 62.9 Å². The minimum absolute atomic E-state index is 0.365. The standard InChI is InChI=1S/C17H24FN3/c1-14-5-4-10-21(13-14)9-3-2-8-20-17-7-6-16(18)11-15(17)12-19/h6-7,11,14,20H,2-5,8-10,13H2,1H3. The van der Waals surface area contributed by atoms with Gasteiger partial charge in [-0.1, -0.05) is 6.92 Å². The Labute approximate surface area is 126 Å². The molecular formula is C17H24FN3. The Balaban J connectivity index is 1.67. The number of piperidine rings is 1. The van der Waals surface area contributed by atoms with E-state index in [1.165, 1.54) is 38.1 Å². The molecule has 0 radical (unpaired) electrons. The fraction of sp³-hybridized carbons (Fsp3) is 0.588. The molecule has 1 aromatic carbocycles. The zero-order valence-electron chi connectivity index (χ0n) is 12.7. The third kappa shape index (κ3) is 5.02. The van der Waals surface area contributed by atoms with Gasteiger partial charge < -0.3 is 10.2 Å². The molecule has 1 aliphatic heterocycles. The van der Waals surface area contributed by atoms with E-state index in [9.17, 15) is 4.39 Å². The van der Waals surface area contributed by atoms with Crippen molar-refractivity contribution in [3.05, 3.63) is 29.6 Å². The molecule has 0 saturated carbocycles. The number of halogens is 1. The lowest BCUT2D eigenvalue weighted by atomic mass is 10.0. The van der Waals surface area contributed by atoms with E-state index in [1.807, 2.05) is 6.07 Å². The van der Waals surface area contributed by atoms with E-state index < -0.39 is 0 Å². The summed E-state index contributed by atoms with van der Waals surface area (Å²) in [5.74, 6) is 0.464. The number of nitrogens with one attached hydrogen (secondary N) is 1. The molecular weight excluding hydrogens is 265 g/mol. The van der Waals surface area contributed by atoms with E-state index >= 15 is 0 Å². The van der Waals surface area contributed by atoms with Gasteiger partial charge in [-0.3, -0.25) is 0 Å². The fourth-order valence-electron chi connectivity index (χ4n) is 2.94. The molecule has 1 aromatic rings. The number of rotatable bonds is 6. The van der Waals surface area contributed by atoms with Gasteiger partial charge >= 0.3 is 0 Å². The van der Waals surface area contributed by atoms with Gasteiger partial charge in [0.25, 0.3) is 0 Å². The highest BCUT2D eigenvalue weighted by Gasteiger charge is 2.15. The van der Waals surface area contributed by atoms with Gasteiger partial charge in [-0.2, -0.15) is 5.26 Å². The Morgan fingerprint density at radius 3 is 3.05 bits per heavy atom. The van der Waals surface area contributed by atoms with Crippen LogP contribution < -0.4 is 5.32 Å². The van der Waals surface area contributed by atoms with Gasteiger partial charge in [-0.25, -0.2) is 4.39 Å². The second-order valence-electron chi connectivity index (χ2n) is 5.98. The maximum atomic E-state index is 13.0. The van der Waals surface area contributed by atoms with Gasteiger partial charge in [0, 0.05) is 13.1 Å². The molecule has 0 aromatic heterocycles. The van der Waals surface area contributed by atoms with E-state index in [0.717, 1.165) is 37.5 Å². The second-order valence-corrected chi connectivity index (χ2v) is 5.98. The molecule has 1 aliphatic rings. The largest absolute Gasteiger partial charge is 0.384 e. The molecule has 1 unspecified atom stereocenters. The van der Waals surface area contributed by atoms with E-state index in [4.69, 9.17) is 5.26 Å². The summed E-state index contributed by atoms with van der Waals surface area (Å²) < 4.78 is 13.0. The van der Waals surface area contributed by atoms with Crippen molar-refractivity contribution in [2.75, 3.05) is 31.5 Å². The molecule has 0 bridgehead atoms. The maximum absolute atomic E-state index is 13.0. The summed E-state index contributed by atoms with van der Waals surface area (Å²) >= 11 is 0. The number of likely N-dealkylation sites (tertiary alicyclic amines) is 1. The van der Waals surface area contributed by atoms with Gasteiger partial charge in [0.05, 0.1) is 11.3 Å². The minimum atomic E-state index is -0.365. The monoisotopic (exact) mass is 289 g/mol. The average Bonchev–Trinajstić information content (AvgIpc) is 2.48. The molecule has 2 rings (SSSR count). The van der Waals surface area contributed by atoms with Crippen molar-refractivity contribution in [2.24, 2.45) is 5.92 Å². The molecule has 1 atom stereocenters. The van der Waals surface area contributed by atoms with Crippen LogP contribution in [0.5, 0.6) is 0 Å². The Morgan fingerprint density at radius 1 is 1.43 bits per heavy atom. The fourth-order valence-corrected chi connectivity index (χ4v) is 2.94. The molecule has 114 valence electrons. The van der Waals surface area contributed by atoms with Crippen LogP contribution in [0, 0.1) is 23.1 Å². The van der Waals surface area contributed by atoms with Gasteiger partial charge in [0.2, 0.25) is 0 Å². The summed E-state index contributed by atoms with van der Waals surface area (Å²) in [6.45, 7) is 6.76. The lowest BCUT2D eigenvalue weighted by molar-refractivity contribution is 0.181. The summed E-state index contributed by atoms with van der Waals surface area (Å²) in [4.78, 5) is 2.55. The summed E-state index contributed by atoms with van der Waals surface area (Å²) in [7, 11) is 0. The molecule has 1 heterocycles. The number of unbranched alkanes of at least 4 members (excludes halogenated alkanes) is 1. The van der Waals surface area contributed by atoms with Crippen LogP contribution in [0.2, 0.25) is 0 Å². The predicted octanol–water partition coefficient (Wildman–Crippen LogP) is 3.62. The van der Waals surface area contributed by atoms with Crippen LogP contribution in [0.1, 0.15) is 38.2 Å². The molecule has 1 N–H and O–H groups in total. The van der Waals surface area contributed by atoms with Crippen molar-refractivity contribution in [3.8, 4) is 6.07 Å². The summed E-state index contributed by atoms with van der Waals surface area (Å²) in [5.41, 5.74) is 1.10. The zero-order chi connectivity index (χ0) is 15.1. The topological polar surface area (TPSA) is 39.1 Å². The average molecular weight is 289 g/mol. The summed E-state index contributed by atoms with van der Waals surface area (Å²) in [6.07, 6.45) is 4.90. The van der Waals surface area contributed by atoms with E-state index in [2.05, 4.69) is 17.1 Å². The lowest BCUT2D eigenvalue weighted by Gasteiger charge is -2.30. The second kappa shape index (κ2) is 7.99. The molecule has 1 fully saturated rings. The van der Waals surface area contributed by atoms with Gasteiger partial charge in [-0.15, -0.1) is 0 Å². The molecule has 0 amide bonds. The highest BCUT2D eigenvalue weighted by Crippen LogP contribution is 2.17. The normalized spacial score (nSPS) is 19.2. The van der Waals surface area contributed by atoms with Gasteiger partial charge in [0.15, 0.2) is 0 Å². The first-order chi connectivity index (χ1) is 10.2. The first-order valence-corrected chi connectivity index (χ1v) is 7.85. The molecule has 3 nitrogen and oxygen atoms in total. The van der Waals surface area contributed by atoms with Crippen molar-refractivity contribution in [2.45, 2.75) is 32.6 Å². The quantitative estimate of drug-likeness (QED) is 0.813. The zero-order valence-corrected chi connectivity index (χ0v) is 12.7. The Hall–Kier alpha value is -1.60. The van der Waals surface area contributed by atoms with Crippen LogP contribution in [-0.2, 0) is 0 Å². The number of benzene rings is 1. The van der Waals surface area contributed by atoms with Crippen molar-refractivity contribution in [1.29, 1.82) is 5.26 Å². The van der Waals surface area contributed by atoms with Crippen LogP contribution in [0.3, 0.4) is 0 Å². The molecule has 4 heteroatoms. The number of anilines is 1. The number of hydrogen-bond donors (Lipinski definition) is 1. The Morgan fingerprint density at radius 2 is 2.29 bits per heavy atom. The maximum Gasteiger partial charge on any atom is 0.124 e. The lowest BCUT2D eigenvalue weighted by Crippen LogP contribution is -2.35. The Bertz CT molecular complexity index is 495. The molecule has 0 spiro atoms. The third-order valence-electron chi connectivity index (χ3n) is 4.06. The first-order valence-electron chi connectivity index (χ1n) is 7.85. The highest BCUT2D eigenvalue weighted by atomic mass is 19.1. The van der Waals surface area contributed by atoms with E-state index in [0.29, 0.717) is 5.56 Å². The smallest absolute Gasteiger partial charge is 0.124 e. The SMILES string of the molecule is CC1CCCN(CCCCNc2ccc(F)cc2C#N)C1. The number of nitriles is 1. The Kier molecular flexibility index (Phi) is 6.01. The molecule has 0 aliphatic carbocycles. The minimum Gasteiger partial charge on any atom is -0.384 e. The molecule has 21 heavy (non-hydrogen) atoms. The number of nitrogens with zero attached hydrogens (tertiary/aromatic N) is 2. The van der Waals surface area contributed by atoms with E-state index in [1.54, 1.807) is 6.07 Å². The van der Waals surface area contributed by atoms with Crippen molar-refractivity contribution < 1.29 is 4.39 Å². The van der Waals surface area contributed by atoms with Crippen molar-refractivity contribution >= 4 is 5.69 Å². The van der Waals surface area contributed by atoms with Crippen LogP contribution in [-0.4, -0.2) is 31.1 Å². The van der Waals surface area contributed by atoms with Crippen molar-refractivity contribution in [3.63, 3.8) is 0 Å². The van der Waals surface area contributed by atoms with Gasteiger partial charge in [0.1, 0.15) is 11.9 Å². The summed E-state index contributed by atoms with van der Waals surface area (Å²) in [5, 5.41) is 12.2. The first kappa shape index (κ1) is 15.8. The van der Waals surface area contributed by atoms with Crippen LogP contribution in [0.15, 0.2) is 18.2 Å². The van der Waals surface area contributed by atoms with Crippen LogP contribution in [0.4, 0.5) is 10.1 Å². The molecule has 1 saturated heterocycles.